The zero-order valence-electron chi connectivity index (χ0n) is 16.4. The van der Waals surface area contributed by atoms with E-state index >= 15 is 0 Å². The molecule has 1 heteroatoms. The van der Waals surface area contributed by atoms with Crippen LogP contribution in [-0.2, 0) is 32.2 Å². The summed E-state index contributed by atoms with van der Waals surface area (Å²) >= 11 is 0. The monoisotopic (exact) mass is 365 g/mol. The molecule has 0 spiro atoms. The van der Waals surface area contributed by atoms with Crippen LogP contribution >= 0.6 is 0 Å². The molecule has 0 amide bonds. The lowest BCUT2D eigenvalue weighted by atomic mass is 9.88. The van der Waals surface area contributed by atoms with Gasteiger partial charge in [0.1, 0.15) is 0 Å². The number of aryl methyl sites for hydroxylation is 2. The second-order valence-electron chi connectivity index (χ2n) is 8.11. The molecule has 0 heterocycles. The maximum absolute atomic E-state index is 5.70. The number of rotatable bonds is 4. The molecule has 0 saturated heterocycles. The standard InChI is InChI=1S/C27H27N/c28-18-21-9-6-19(7-10-21)5-8-20-11-14-25-23(17-20)13-16-26-24-4-2-1-3-22(24)12-15-27(25)26/h3,6-7,9-15,17H,1-2,4-5,8,16,18,28H2. The highest BCUT2D eigenvalue weighted by atomic mass is 14.5. The maximum Gasteiger partial charge on any atom is 0.0178 e. The Balaban J connectivity index is 1.48. The zero-order valence-corrected chi connectivity index (χ0v) is 16.4. The molecule has 1 nitrogen and oxygen atoms in total. The van der Waals surface area contributed by atoms with Gasteiger partial charge in [-0.25, -0.2) is 0 Å². The molecule has 0 aromatic heterocycles. The smallest absolute Gasteiger partial charge is 0.0178 e. The van der Waals surface area contributed by atoms with Gasteiger partial charge in [-0.1, -0.05) is 66.7 Å². The van der Waals surface area contributed by atoms with Gasteiger partial charge in [-0.3, -0.25) is 0 Å². The van der Waals surface area contributed by atoms with E-state index in [9.17, 15) is 0 Å². The third-order valence-corrected chi connectivity index (χ3v) is 6.36. The van der Waals surface area contributed by atoms with Crippen LogP contribution in [-0.4, -0.2) is 0 Å². The third kappa shape index (κ3) is 3.21. The molecule has 0 atom stereocenters. The summed E-state index contributed by atoms with van der Waals surface area (Å²) in [6, 6.07) is 20.5. The first-order chi connectivity index (χ1) is 13.8. The van der Waals surface area contributed by atoms with Gasteiger partial charge in [0.05, 0.1) is 0 Å². The van der Waals surface area contributed by atoms with Gasteiger partial charge in [0.15, 0.2) is 0 Å². The molecule has 0 fully saturated rings. The van der Waals surface area contributed by atoms with E-state index in [1.165, 1.54) is 56.8 Å². The number of hydrogen-bond donors (Lipinski definition) is 1. The lowest BCUT2D eigenvalue weighted by molar-refractivity contribution is 0.824. The van der Waals surface area contributed by atoms with Crippen molar-refractivity contribution < 1.29 is 0 Å². The van der Waals surface area contributed by atoms with Crippen LogP contribution in [0.3, 0.4) is 0 Å². The van der Waals surface area contributed by atoms with Crippen molar-refractivity contribution in [3.05, 3.63) is 103 Å². The molecule has 2 N–H and O–H groups in total. The van der Waals surface area contributed by atoms with E-state index in [1.54, 1.807) is 11.1 Å². The molecule has 0 saturated carbocycles. The summed E-state index contributed by atoms with van der Waals surface area (Å²) in [5.41, 5.74) is 12.9. The maximum atomic E-state index is 5.70. The van der Waals surface area contributed by atoms with Crippen molar-refractivity contribution in [2.45, 2.75) is 45.1 Å². The highest BCUT2D eigenvalue weighted by molar-refractivity contribution is 5.48. The SMILES string of the molecule is NCc1ccc(CCc2ccc3c(c2)=CCc2c4c(ccc2=3)=CCCC4)cc1. The van der Waals surface area contributed by atoms with Crippen molar-refractivity contribution >= 4 is 12.2 Å². The van der Waals surface area contributed by atoms with Crippen LogP contribution in [0, 0.1) is 10.4 Å². The molecular weight excluding hydrogens is 338 g/mol. The van der Waals surface area contributed by atoms with Crippen LogP contribution < -0.4 is 16.2 Å². The zero-order chi connectivity index (χ0) is 18.9. The summed E-state index contributed by atoms with van der Waals surface area (Å²) in [6.07, 6.45) is 11.8. The highest BCUT2D eigenvalue weighted by Crippen LogP contribution is 2.18. The predicted octanol–water partition coefficient (Wildman–Crippen LogP) is 3.67. The van der Waals surface area contributed by atoms with E-state index in [2.05, 4.69) is 66.7 Å². The van der Waals surface area contributed by atoms with E-state index < -0.39 is 0 Å². The lowest BCUT2D eigenvalue weighted by Crippen LogP contribution is -2.20. The van der Waals surface area contributed by atoms with E-state index in [0.29, 0.717) is 6.54 Å². The second kappa shape index (κ2) is 7.41. The minimum atomic E-state index is 0.615. The summed E-state index contributed by atoms with van der Waals surface area (Å²) in [7, 11) is 0. The summed E-state index contributed by atoms with van der Waals surface area (Å²) in [6.45, 7) is 0.615. The van der Waals surface area contributed by atoms with Crippen molar-refractivity contribution in [2.75, 3.05) is 0 Å². The van der Waals surface area contributed by atoms with Gasteiger partial charge in [0, 0.05) is 6.54 Å². The Hall–Kier alpha value is -2.64. The minimum Gasteiger partial charge on any atom is -0.326 e. The van der Waals surface area contributed by atoms with E-state index in [1.807, 2.05) is 0 Å². The Bertz CT molecular complexity index is 1230. The predicted molar refractivity (Wildman–Crippen MR) is 117 cm³/mol. The van der Waals surface area contributed by atoms with Crippen LogP contribution in [0.1, 0.15) is 40.7 Å². The second-order valence-corrected chi connectivity index (χ2v) is 8.11. The van der Waals surface area contributed by atoms with Crippen molar-refractivity contribution in [2.24, 2.45) is 5.73 Å². The van der Waals surface area contributed by atoms with Crippen LogP contribution in [0.25, 0.3) is 12.2 Å². The highest BCUT2D eigenvalue weighted by Gasteiger charge is 2.11. The first kappa shape index (κ1) is 17.5. The first-order valence-electron chi connectivity index (χ1n) is 10.5. The van der Waals surface area contributed by atoms with E-state index in [0.717, 1.165) is 19.3 Å². The van der Waals surface area contributed by atoms with Crippen LogP contribution in [0.2, 0.25) is 0 Å². The van der Waals surface area contributed by atoms with E-state index in [-0.39, 0.29) is 0 Å². The summed E-state index contributed by atoms with van der Waals surface area (Å²) < 4.78 is 0. The molecule has 140 valence electrons. The quantitative estimate of drug-likeness (QED) is 0.750. The fourth-order valence-electron chi connectivity index (χ4n) is 4.74. The van der Waals surface area contributed by atoms with Crippen LogP contribution in [0.4, 0.5) is 0 Å². The van der Waals surface area contributed by atoms with Gasteiger partial charge in [0.2, 0.25) is 0 Å². The average molecular weight is 366 g/mol. The summed E-state index contributed by atoms with van der Waals surface area (Å²) in [5.74, 6) is 0. The number of nitrogens with two attached hydrogens (primary N) is 1. The molecule has 5 rings (SSSR count). The molecule has 0 aliphatic heterocycles. The molecule has 2 aliphatic carbocycles. The molecule has 3 aromatic carbocycles. The normalized spacial score (nSPS) is 14.3. The van der Waals surface area contributed by atoms with Gasteiger partial charge in [-0.05, 0) is 87.2 Å². The largest absolute Gasteiger partial charge is 0.326 e. The molecule has 0 bridgehead atoms. The van der Waals surface area contributed by atoms with Crippen molar-refractivity contribution in [3.63, 3.8) is 0 Å². The van der Waals surface area contributed by atoms with Gasteiger partial charge in [0.25, 0.3) is 0 Å². The number of fused-ring (bicyclic) bond motifs is 4. The van der Waals surface area contributed by atoms with Gasteiger partial charge < -0.3 is 5.73 Å². The topological polar surface area (TPSA) is 26.0 Å². The molecule has 0 radical (unpaired) electrons. The first-order valence-corrected chi connectivity index (χ1v) is 10.5. The Labute approximate surface area is 166 Å². The van der Waals surface area contributed by atoms with Gasteiger partial charge >= 0.3 is 0 Å². The van der Waals surface area contributed by atoms with Crippen molar-refractivity contribution in [1.82, 2.24) is 0 Å². The van der Waals surface area contributed by atoms with Crippen molar-refractivity contribution in [3.8, 4) is 0 Å². The molecule has 28 heavy (non-hydrogen) atoms. The summed E-state index contributed by atoms with van der Waals surface area (Å²) in [5, 5.41) is 5.74. The Kier molecular flexibility index (Phi) is 4.62. The lowest BCUT2D eigenvalue weighted by Gasteiger charge is -2.16. The summed E-state index contributed by atoms with van der Waals surface area (Å²) in [4.78, 5) is 0. The van der Waals surface area contributed by atoms with Gasteiger partial charge in [-0.2, -0.15) is 0 Å². The minimum absolute atomic E-state index is 0.615. The van der Waals surface area contributed by atoms with E-state index in [4.69, 9.17) is 5.73 Å². The molecule has 2 aliphatic rings. The van der Waals surface area contributed by atoms with Crippen molar-refractivity contribution in [1.29, 1.82) is 0 Å². The Morgan fingerprint density at radius 3 is 2.29 bits per heavy atom. The molecule has 3 aromatic rings. The molecular formula is C27H27N. The number of hydrogen-bond acceptors (Lipinski definition) is 1. The van der Waals surface area contributed by atoms with Crippen LogP contribution in [0.5, 0.6) is 0 Å². The fraction of sp³-hybridized carbons (Fsp3) is 0.259. The number of benzene rings is 3. The van der Waals surface area contributed by atoms with Gasteiger partial charge in [-0.15, -0.1) is 0 Å². The Morgan fingerprint density at radius 1 is 0.679 bits per heavy atom. The molecule has 0 unspecified atom stereocenters. The Morgan fingerprint density at radius 2 is 1.43 bits per heavy atom. The third-order valence-electron chi connectivity index (χ3n) is 6.36. The average Bonchev–Trinajstić information content (AvgIpc) is 2.77. The fourth-order valence-corrected chi connectivity index (χ4v) is 4.74. The van der Waals surface area contributed by atoms with Crippen LogP contribution in [0.15, 0.2) is 54.6 Å².